The van der Waals surface area contributed by atoms with Gasteiger partial charge in [-0.3, -0.25) is 24.5 Å². The number of unbranched alkanes of at least 4 members (excludes halogenated alkanes) is 1. The summed E-state index contributed by atoms with van der Waals surface area (Å²) in [5, 5.41) is 2.31. The highest BCUT2D eigenvalue weighted by Gasteiger charge is 2.24. The lowest BCUT2D eigenvalue weighted by atomic mass is 9.91. The van der Waals surface area contributed by atoms with Crippen molar-refractivity contribution in [2.75, 3.05) is 7.11 Å². The van der Waals surface area contributed by atoms with E-state index in [1.54, 1.807) is 20.1 Å². The number of piperidine rings is 1. The standard InChI is InChI=1S/C26H39NO5/c1-20(10-8-15-24(32-3)14-7-5-4-6-11-21(2)28)16-17-23(29)13-9-12-22-18-25(30)27-26(31)19-22/h6-7,10-11,14,22,24H,4-5,8-9,12-13,15-19H2,1-3H3,(H,27,30,31)/b11-6+,14-7+,20-10-. The summed E-state index contributed by atoms with van der Waals surface area (Å²) in [7, 11) is 1.70. The number of rotatable bonds is 16. The van der Waals surface area contributed by atoms with E-state index in [0.29, 0.717) is 25.7 Å². The summed E-state index contributed by atoms with van der Waals surface area (Å²) in [6.07, 6.45) is 17.4. The number of amides is 2. The molecule has 2 amide bonds. The Bertz CT molecular complexity index is 704. The van der Waals surface area contributed by atoms with Gasteiger partial charge in [-0.05, 0) is 70.8 Å². The van der Waals surface area contributed by atoms with Crippen LogP contribution in [0.25, 0.3) is 0 Å². The van der Waals surface area contributed by atoms with Crippen LogP contribution in [0.15, 0.2) is 36.0 Å². The molecule has 1 heterocycles. The number of nitrogens with one attached hydrogen (secondary N) is 1. The molecule has 0 aliphatic carbocycles. The first-order chi connectivity index (χ1) is 15.3. The van der Waals surface area contributed by atoms with Crippen molar-refractivity contribution in [3.05, 3.63) is 36.0 Å². The number of Topliss-reactive ketones (excluding diaryl/α,β-unsaturated/α-hetero) is 1. The molecule has 6 heteroatoms. The highest BCUT2D eigenvalue weighted by Crippen LogP contribution is 2.21. The molecule has 1 unspecified atom stereocenters. The van der Waals surface area contributed by atoms with Crippen LogP contribution in [0.3, 0.4) is 0 Å². The third-order valence-corrected chi connectivity index (χ3v) is 5.54. The summed E-state index contributed by atoms with van der Waals surface area (Å²) < 4.78 is 5.49. The molecule has 1 aliphatic rings. The van der Waals surface area contributed by atoms with Crippen molar-refractivity contribution in [3.63, 3.8) is 0 Å². The van der Waals surface area contributed by atoms with Crippen LogP contribution in [0.5, 0.6) is 0 Å². The van der Waals surface area contributed by atoms with Gasteiger partial charge in [0.15, 0.2) is 5.78 Å². The Balaban J connectivity index is 2.18. The number of methoxy groups -OCH3 is 1. The first kappa shape index (κ1) is 27.7. The molecule has 6 nitrogen and oxygen atoms in total. The van der Waals surface area contributed by atoms with Crippen molar-refractivity contribution in [1.29, 1.82) is 0 Å². The fourth-order valence-corrected chi connectivity index (χ4v) is 3.69. The van der Waals surface area contributed by atoms with Crippen molar-refractivity contribution in [2.24, 2.45) is 5.92 Å². The van der Waals surface area contributed by atoms with Gasteiger partial charge in [0.25, 0.3) is 0 Å². The quantitative estimate of drug-likeness (QED) is 0.160. The van der Waals surface area contributed by atoms with Crippen LogP contribution >= 0.6 is 0 Å². The third-order valence-electron chi connectivity index (χ3n) is 5.54. The van der Waals surface area contributed by atoms with Crippen molar-refractivity contribution in [1.82, 2.24) is 5.32 Å². The molecular formula is C26H39NO5. The number of ketones is 2. The molecule has 1 saturated heterocycles. The number of ether oxygens (including phenoxy) is 1. The smallest absolute Gasteiger partial charge is 0.226 e. The minimum absolute atomic E-state index is 0.0613. The molecule has 178 valence electrons. The molecular weight excluding hydrogens is 406 g/mol. The molecule has 0 aromatic heterocycles. The summed E-state index contributed by atoms with van der Waals surface area (Å²) in [5.41, 5.74) is 1.21. The van der Waals surface area contributed by atoms with Crippen LogP contribution in [0.4, 0.5) is 0 Å². The van der Waals surface area contributed by atoms with E-state index in [0.717, 1.165) is 44.9 Å². The molecule has 0 spiro atoms. The first-order valence-electron chi connectivity index (χ1n) is 11.7. The van der Waals surface area contributed by atoms with E-state index in [2.05, 4.69) is 30.5 Å². The fraction of sp³-hybridized carbons (Fsp3) is 0.615. The van der Waals surface area contributed by atoms with E-state index in [-0.39, 0.29) is 35.4 Å². The Labute approximate surface area is 192 Å². The number of carbonyl (C=O) groups excluding carboxylic acids is 4. The number of hydrogen-bond acceptors (Lipinski definition) is 5. The second-order valence-corrected chi connectivity index (χ2v) is 8.60. The number of hydrogen-bond donors (Lipinski definition) is 1. The molecule has 0 bridgehead atoms. The second kappa shape index (κ2) is 16.3. The lowest BCUT2D eigenvalue weighted by molar-refractivity contribution is -0.135. The summed E-state index contributed by atoms with van der Waals surface area (Å²) in [6, 6.07) is 0. The predicted octanol–water partition coefficient (Wildman–Crippen LogP) is 4.78. The zero-order chi connectivity index (χ0) is 23.8. The highest BCUT2D eigenvalue weighted by atomic mass is 16.5. The van der Waals surface area contributed by atoms with Gasteiger partial charge in [-0.2, -0.15) is 0 Å². The molecule has 1 atom stereocenters. The summed E-state index contributed by atoms with van der Waals surface area (Å²) in [4.78, 5) is 45.8. The Morgan fingerprint density at radius 2 is 1.72 bits per heavy atom. The monoisotopic (exact) mass is 445 g/mol. The molecule has 0 saturated carbocycles. The topological polar surface area (TPSA) is 89.5 Å². The zero-order valence-electron chi connectivity index (χ0n) is 19.9. The number of imide groups is 1. The Morgan fingerprint density at radius 3 is 2.38 bits per heavy atom. The van der Waals surface area contributed by atoms with Gasteiger partial charge in [0.05, 0.1) is 6.10 Å². The van der Waals surface area contributed by atoms with Crippen molar-refractivity contribution < 1.29 is 23.9 Å². The van der Waals surface area contributed by atoms with Gasteiger partial charge in [0.2, 0.25) is 11.8 Å². The van der Waals surface area contributed by atoms with Crippen LogP contribution < -0.4 is 5.32 Å². The summed E-state index contributed by atoms with van der Waals surface area (Å²) in [5.74, 6) is -0.0238. The van der Waals surface area contributed by atoms with Gasteiger partial charge in [-0.15, -0.1) is 0 Å². The Kier molecular flexibility index (Phi) is 14.1. The summed E-state index contributed by atoms with van der Waals surface area (Å²) >= 11 is 0. The van der Waals surface area contributed by atoms with Gasteiger partial charge in [-0.25, -0.2) is 0 Å². The normalized spacial score (nSPS) is 16.7. The lowest BCUT2D eigenvalue weighted by Gasteiger charge is -2.20. The minimum atomic E-state index is -0.202. The zero-order valence-corrected chi connectivity index (χ0v) is 19.9. The number of carbonyl (C=O) groups is 4. The average Bonchev–Trinajstić information content (AvgIpc) is 2.72. The van der Waals surface area contributed by atoms with Gasteiger partial charge in [0, 0.05) is 32.8 Å². The van der Waals surface area contributed by atoms with E-state index in [1.165, 1.54) is 5.57 Å². The van der Waals surface area contributed by atoms with Gasteiger partial charge < -0.3 is 4.74 Å². The summed E-state index contributed by atoms with van der Waals surface area (Å²) in [6.45, 7) is 3.60. The predicted molar refractivity (Wildman–Crippen MR) is 126 cm³/mol. The average molecular weight is 446 g/mol. The van der Waals surface area contributed by atoms with Crippen LogP contribution in [-0.4, -0.2) is 36.6 Å². The number of allylic oxidation sites excluding steroid dienone is 5. The van der Waals surface area contributed by atoms with Crippen LogP contribution in [-0.2, 0) is 23.9 Å². The SMILES string of the molecule is COC(/C=C/CC/C=C/C(C)=O)CC/C=C(/C)CCC(=O)CCCC1CC(=O)NC(=O)C1. The van der Waals surface area contributed by atoms with E-state index >= 15 is 0 Å². The molecule has 1 N–H and O–H groups in total. The molecule has 0 aromatic rings. The van der Waals surface area contributed by atoms with Gasteiger partial charge in [0.1, 0.15) is 5.78 Å². The van der Waals surface area contributed by atoms with Crippen molar-refractivity contribution >= 4 is 23.4 Å². The van der Waals surface area contributed by atoms with E-state index in [4.69, 9.17) is 4.74 Å². The molecule has 32 heavy (non-hydrogen) atoms. The lowest BCUT2D eigenvalue weighted by Crippen LogP contribution is -2.38. The second-order valence-electron chi connectivity index (χ2n) is 8.60. The maximum atomic E-state index is 12.2. The third kappa shape index (κ3) is 13.9. The molecule has 1 fully saturated rings. The van der Waals surface area contributed by atoms with E-state index in [1.807, 2.05) is 6.08 Å². The van der Waals surface area contributed by atoms with Crippen molar-refractivity contribution in [3.8, 4) is 0 Å². The van der Waals surface area contributed by atoms with Gasteiger partial charge in [-0.1, -0.05) is 29.9 Å². The van der Waals surface area contributed by atoms with Crippen molar-refractivity contribution in [2.45, 2.75) is 90.6 Å². The largest absolute Gasteiger partial charge is 0.377 e. The maximum absolute atomic E-state index is 12.2. The first-order valence-corrected chi connectivity index (χ1v) is 11.7. The van der Waals surface area contributed by atoms with Crippen LogP contribution in [0, 0.1) is 5.92 Å². The van der Waals surface area contributed by atoms with E-state index in [9.17, 15) is 19.2 Å². The van der Waals surface area contributed by atoms with Crippen LogP contribution in [0.1, 0.15) is 84.5 Å². The molecule has 1 rings (SSSR count). The van der Waals surface area contributed by atoms with Gasteiger partial charge >= 0.3 is 0 Å². The molecule has 0 aromatic carbocycles. The molecule has 0 radical (unpaired) electrons. The molecule has 1 aliphatic heterocycles. The van der Waals surface area contributed by atoms with Crippen LogP contribution in [0.2, 0.25) is 0 Å². The Hall–Kier alpha value is -2.34. The van der Waals surface area contributed by atoms with E-state index < -0.39 is 0 Å². The fourth-order valence-electron chi connectivity index (χ4n) is 3.69. The highest BCUT2D eigenvalue weighted by molar-refractivity contribution is 5.97. The minimum Gasteiger partial charge on any atom is -0.377 e. The Morgan fingerprint density at radius 1 is 1.03 bits per heavy atom. The maximum Gasteiger partial charge on any atom is 0.226 e.